The van der Waals surface area contributed by atoms with Gasteiger partial charge in [0, 0.05) is 61.8 Å². The minimum atomic E-state index is 1.13. The SMILES string of the molecule is c1ccc2c(c1)c1ccccc1n2-c1ccc2c(c1)c1cc(-n3c4ccccc4c4ccccc43)ccc1n2-c1ccc(-c2ccncc2)cc1. The highest BCUT2D eigenvalue weighted by atomic mass is 15.0. The van der Waals surface area contributed by atoms with Crippen molar-refractivity contribution in [3.8, 4) is 28.2 Å². The predicted octanol–water partition coefficient (Wildman–Crippen LogP) is 12.0. The highest BCUT2D eigenvalue weighted by Crippen LogP contribution is 2.39. The average Bonchev–Trinajstić information content (AvgIpc) is 3.83. The summed E-state index contributed by atoms with van der Waals surface area (Å²) in [6.07, 6.45) is 3.69. The summed E-state index contributed by atoms with van der Waals surface area (Å²) in [5.41, 5.74) is 12.9. The number of aromatic nitrogens is 4. The second-order valence-corrected chi connectivity index (χ2v) is 13.3. The zero-order valence-electron chi connectivity index (χ0n) is 27.6. The monoisotopic (exact) mass is 650 g/mol. The Morgan fingerprint density at radius 1 is 0.275 bits per heavy atom. The molecule has 0 amide bonds. The third-order valence-corrected chi connectivity index (χ3v) is 10.5. The molecule has 238 valence electrons. The second kappa shape index (κ2) is 10.8. The van der Waals surface area contributed by atoms with Gasteiger partial charge in [0.2, 0.25) is 0 Å². The highest BCUT2D eigenvalue weighted by Gasteiger charge is 2.18. The molecule has 0 aliphatic rings. The molecule has 4 heteroatoms. The van der Waals surface area contributed by atoms with Crippen molar-refractivity contribution in [3.63, 3.8) is 0 Å². The van der Waals surface area contributed by atoms with Crippen molar-refractivity contribution >= 4 is 65.4 Å². The molecule has 0 aliphatic carbocycles. The third-order valence-electron chi connectivity index (χ3n) is 10.5. The minimum Gasteiger partial charge on any atom is -0.309 e. The molecule has 0 unspecified atom stereocenters. The van der Waals surface area contributed by atoms with E-state index in [2.05, 4.69) is 189 Å². The van der Waals surface area contributed by atoms with Gasteiger partial charge >= 0.3 is 0 Å². The van der Waals surface area contributed by atoms with Crippen molar-refractivity contribution in [3.05, 3.63) is 182 Å². The first-order chi connectivity index (χ1) is 25.3. The van der Waals surface area contributed by atoms with Crippen LogP contribution in [0, 0.1) is 0 Å². The van der Waals surface area contributed by atoms with E-state index in [1.165, 1.54) is 71.0 Å². The fourth-order valence-electron chi connectivity index (χ4n) is 8.30. The number of rotatable bonds is 4. The Morgan fingerprint density at radius 2 is 0.608 bits per heavy atom. The van der Waals surface area contributed by atoms with Crippen molar-refractivity contribution in [2.45, 2.75) is 0 Å². The van der Waals surface area contributed by atoms with Gasteiger partial charge in [-0.25, -0.2) is 0 Å². The van der Waals surface area contributed by atoms with Gasteiger partial charge in [-0.2, -0.15) is 0 Å². The third kappa shape index (κ3) is 4.11. The van der Waals surface area contributed by atoms with Crippen LogP contribution in [0.15, 0.2) is 182 Å². The largest absolute Gasteiger partial charge is 0.309 e. The van der Waals surface area contributed by atoms with Gasteiger partial charge in [-0.05, 0) is 96.1 Å². The van der Waals surface area contributed by atoms with Crippen molar-refractivity contribution < 1.29 is 0 Å². The Kier molecular flexibility index (Phi) is 5.92. The summed E-state index contributed by atoms with van der Waals surface area (Å²) in [5.74, 6) is 0. The van der Waals surface area contributed by atoms with E-state index in [1.54, 1.807) is 0 Å². The summed E-state index contributed by atoms with van der Waals surface area (Å²) < 4.78 is 7.23. The van der Waals surface area contributed by atoms with Gasteiger partial charge in [0.1, 0.15) is 0 Å². The normalized spacial score (nSPS) is 11.9. The second-order valence-electron chi connectivity index (χ2n) is 13.3. The molecule has 0 radical (unpaired) electrons. The van der Waals surface area contributed by atoms with Gasteiger partial charge in [0.05, 0.1) is 33.1 Å². The molecule has 0 saturated heterocycles. The Hall–Kier alpha value is -6.91. The Bertz CT molecular complexity index is 2850. The minimum absolute atomic E-state index is 1.13. The lowest BCUT2D eigenvalue weighted by Crippen LogP contribution is -1.96. The topological polar surface area (TPSA) is 27.7 Å². The Labute approximate surface area is 293 Å². The van der Waals surface area contributed by atoms with Crippen LogP contribution in [0.4, 0.5) is 0 Å². The number of pyridine rings is 1. The van der Waals surface area contributed by atoms with E-state index >= 15 is 0 Å². The summed E-state index contributed by atoms with van der Waals surface area (Å²) in [4.78, 5) is 4.21. The quantitative estimate of drug-likeness (QED) is 0.186. The van der Waals surface area contributed by atoms with Crippen LogP contribution >= 0.6 is 0 Å². The first-order valence-electron chi connectivity index (χ1n) is 17.4. The molecule has 4 heterocycles. The van der Waals surface area contributed by atoms with Crippen LogP contribution in [0.5, 0.6) is 0 Å². The molecule has 0 N–H and O–H groups in total. The standard InChI is InChI=1S/C47H30N4/c1-5-13-42-36(9-1)37-10-2-6-14-43(37)50(42)34-21-23-46-40(29-34)41-30-35(51-44-15-7-3-11-38(44)39-12-4-8-16-45(39)51)22-24-47(41)49(46)33-19-17-31(18-20-33)32-25-27-48-28-26-32/h1-30H. The van der Waals surface area contributed by atoms with E-state index in [0.29, 0.717) is 0 Å². The molecule has 0 fully saturated rings. The molecule has 0 saturated carbocycles. The number of nitrogens with zero attached hydrogens (tertiary/aromatic N) is 4. The van der Waals surface area contributed by atoms with Crippen LogP contribution in [0.2, 0.25) is 0 Å². The molecule has 4 aromatic heterocycles. The van der Waals surface area contributed by atoms with E-state index in [9.17, 15) is 0 Å². The molecule has 0 spiro atoms. The van der Waals surface area contributed by atoms with Crippen LogP contribution in [0.3, 0.4) is 0 Å². The average molecular weight is 651 g/mol. The molecule has 0 bridgehead atoms. The first kappa shape index (κ1) is 28.0. The molecular formula is C47H30N4. The van der Waals surface area contributed by atoms with Crippen molar-refractivity contribution in [1.82, 2.24) is 18.7 Å². The van der Waals surface area contributed by atoms with Gasteiger partial charge in [-0.15, -0.1) is 0 Å². The van der Waals surface area contributed by atoms with Gasteiger partial charge in [-0.1, -0.05) is 84.9 Å². The van der Waals surface area contributed by atoms with Gasteiger partial charge in [0.25, 0.3) is 0 Å². The van der Waals surface area contributed by atoms with E-state index in [1.807, 2.05) is 12.4 Å². The summed E-state index contributed by atoms with van der Waals surface area (Å²) in [6.45, 7) is 0. The molecule has 51 heavy (non-hydrogen) atoms. The predicted molar refractivity (Wildman–Crippen MR) is 213 cm³/mol. The van der Waals surface area contributed by atoms with Crippen LogP contribution in [0.1, 0.15) is 0 Å². The summed E-state index contributed by atoms with van der Waals surface area (Å²) in [6, 6.07) is 61.8. The van der Waals surface area contributed by atoms with Crippen LogP contribution < -0.4 is 0 Å². The molecule has 0 atom stereocenters. The maximum Gasteiger partial charge on any atom is 0.0542 e. The van der Waals surface area contributed by atoms with Crippen LogP contribution in [-0.4, -0.2) is 18.7 Å². The zero-order chi connectivity index (χ0) is 33.5. The van der Waals surface area contributed by atoms with E-state index < -0.39 is 0 Å². The van der Waals surface area contributed by atoms with E-state index in [4.69, 9.17) is 0 Å². The lowest BCUT2D eigenvalue weighted by molar-refractivity contribution is 1.16. The highest BCUT2D eigenvalue weighted by molar-refractivity contribution is 6.14. The van der Waals surface area contributed by atoms with Crippen molar-refractivity contribution in [1.29, 1.82) is 0 Å². The lowest BCUT2D eigenvalue weighted by atomic mass is 10.1. The van der Waals surface area contributed by atoms with Gasteiger partial charge < -0.3 is 13.7 Å². The number of hydrogen-bond acceptors (Lipinski definition) is 1. The number of benzene rings is 7. The zero-order valence-corrected chi connectivity index (χ0v) is 27.6. The smallest absolute Gasteiger partial charge is 0.0542 e. The maximum atomic E-state index is 4.21. The molecule has 7 aromatic carbocycles. The van der Waals surface area contributed by atoms with Crippen LogP contribution in [0.25, 0.3) is 93.6 Å². The number of hydrogen-bond donors (Lipinski definition) is 0. The summed E-state index contributed by atoms with van der Waals surface area (Å²) in [7, 11) is 0. The van der Waals surface area contributed by atoms with Crippen molar-refractivity contribution in [2.24, 2.45) is 0 Å². The molecular weight excluding hydrogens is 621 g/mol. The summed E-state index contributed by atoms with van der Waals surface area (Å²) in [5, 5.41) is 7.48. The van der Waals surface area contributed by atoms with Gasteiger partial charge in [-0.3, -0.25) is 4.98 Å². The lowest BCUT2D eigenvalue weighted by Gasteiger charge is -2.11. The fourth-order valence-corrected chi connectivity index (χ4v) is 8.30. The fraction of sp³-hybridized carbons (Fsp3) is 0. The Balaban J connectivity index is 1.20. The molecule has 4 nitrogen and oxygen atoms in total. The molecule has 11 rings (SSSR count). The molecule has 0 aliphatic heterocycles. The summed E-state index contributed by atoms with van der Waals surface area (Å²) >= 11 is 0. The van der Waals surface area contributed by atoms with E-state index in [0.717, 1.165) is 22.6 Å². The van der Waals surface area contributed by atoms with E-state index in [-0.39, 0.29) is 0 Å². The first-order valence-corrected chi connectivity index (χ1v) is 17.4. The number of fused-ring (bicyclic) bond motifs is 9. The van der Waals surface area contributed by atoms with Crippen LogP contribution in [-0.2, 0) is 0 Å². The maximum absolute atomic E-state index is 4.21. The Morgan fingerprint density at radius 3 is 1.04 bits per heavy atom. The molecule has 11 aromatic rings. The van der Waals surface area contributed by atoms with Crippen molar-refractivity contribution in [2.75, 3.05) is 0 Å². The van der Waals surface area contributed by atoms with Gasteiger partial charge in [0.15, 0.2) is 0 Å². The number of para-hydroxylation sites is 4.